The van der Waals surface area contributed by atoms with E-state index in [4.69, 9.17) is 4.74 Å². The molecule has 1 fully saturated rings. The molecule has 184 valence electrons. The molecule has 0 spiro atoms. The van der Waals surface area contributed by atoms with Crippen molar-refractivity contribution >= 4 is 18.3 Å². The molecule has 1 heterocycles. The van der Waals surface area contributed by atoms with Crippen LogP contribution in [0.15, 0.2) is 72.8 Å². The molecule has 4 nitrogen and oxygen atoms in total. The summed E-state index contributed by atoms with van der Waals surface area (Å²) in [6.45, 7) is 3.02. The molecule has 0 radical (unpaired) electrons. The average Bonchev–Trinajstić information content (AvgIpc) is 3.29. The van der Waals surface area contributed by atoms with Crippen LogP contribution in [0.1, 0.15) is 40.7 Å². The van der Waals surface area contributed by atoms with Crippen molar-refractivity contribution in [2.24, 2.45) is 5.92 Å². The molecule has 5 rings (SSSR count). The Morgan fingerprint density at radius 2 is 1.71 bits per heavy atom. The molecule has 1 aliphatic heterocycles. The van der Waals surface area contributed by atoms with Crippen LogP contribution in [0.25, 0.3) is 11.1 Å². The minimum atomic E-state index is 0. The number of halogens is 1. The van der Waals surface area contributed by atoms with E-state index >= 15 is 0 Å². The number of benzene rings is 3. The van der Waals surface area contributed by atoms with E-state index in [0.29, 0.717) is 6.04 Å². The van der Waals surface area contributed by atoms with Crippen LogP contribution in [-0.2, 0) is 12.8 Å². The summed E-state index contributed by atoms with van der Waals surface area (Å²) in [5.74, 6) is 1.81. The molecule has 0 unspecified atom stereocenters. The molecule has 2 atom stereocenters. The van der Waals surface area contributed by atoms with Gasteiger partial charge in [-0.2, -0.15) is 0 Å². The molecule has 35 heavy (non-hydrogen) atoms. The number of likely N-dealkylation sites (tertiary alicyclic amines) is 1. The zero-order valence-electron chi connectivity index (χ0n) is 20.4. The van der Waals surface area contributed by atoms with Crippen molar-refractivity contribution in [3.05, 3.63) is 89.5 Å². The third-order valence-corrected chi connectivity index (χ3v) is 7.56. The molecule has 0 saturated carbocycles. The lowest BCUT2D eigenvalue weighted by Gasteiger charge is -2.33. The smallest absolute Gasteiger partial charge is 0.251 e. The molecule has 0 aromatic heterocycles. The second-order valence-corrected chi connectivity index (χ2v) is 9.56. The lowest BCUT2D eigenvalue weighted by molar-refractivity contribution is 0.0952. The third kappa shape index (κ3) is 5.71. The van der Waals surface area contributed by atoms with Gasteiger partial charge in [0.25, 0.3) is 5.91 Å². The number of methoxy groups -OCH3 is 1. The predicted molar refractivity (Wildman–Crippen MR) is 145 cm³/mol. The van der Waals surface area contributed by atoms with Crippen LogP contribution in [0.5, 0.6) is 5.75 Å². The van der Waals surface area contributed by atoms with E-state index in [0.717, 1.165) is 61.6 Å². The van der Waals surface area contributed by atoms with E-state index in [1.165, 1.54) is 29.7 Å². The summed E-state index contributed by atoms with van der Waals surface area (Å²) in [5, 5.41) is 3.09. The first-order chi connectivity index (χ1) is 16.7. The fourth-order valence-corrected chi connectivity index (χ4v) is 5.70. The highest BCUT2D eigenvalue weighted by Crippen LogP contribution is 2.39. The highest BCUT2D eigenvalue weighted by molar-refractivity contribution is 5.94. The van der Waals surface area contributed by atoms with Gasteiger partial charge in [-0.15, -0.1) is 12.4 Å². The van der Waals surface area contributed by atoms with Crippen molar-refractivity contribution in [1.82, 2.24) is 10.2 Å². The number of fused-ring (bicyclic) bond motifs is 2. The highest BCUT2D eigenvalue weighted by atomic mass is 35.5. The third-order valence-electron chi connectivity index (χ3n) is 7.56. The van der Waals surface area contributed by atoms with Crippen LogP contribution in [0.4, 0.5) is 0 Å². The van der Waals surface area contributed by atoms with E-state index in [-0.39, 0.29) is 18.3 Å². The number of unbranched alkanes of at least 4 members (excludes halogenated alkanes) is 1. The number of carbonyl (C=O) groups is 1. The summed E-state index contributed by atoms with van der Waals surface area (Å²) in [7, 11) is 1.78. The van der Waals surface area contributed by atoms with Gasteiger partial charge in [0.15, 0.2) is 0 Å². The number of amides is 1. The largest absolute Gasteiger partial charge is 0.496 e. The molecule has 1 aliphatic carbocycles. The summed E-state index contributed by atoms with van der Waals surface area (Å²) >= 11 is 0. The molecular weight excluding hydrogens is 456 g/mol. The van der Waals surface area contributed by atoms with Crippen LogP contribution in [0.2, 0.25) is 0 Å². The van der Waals surface area contributed by atoms with Crippen molar-refractivity contribution < 1.29 is 9.53 Å². The van der Waals surface area contributed by atoms with Gasteiger partial charge in [0.05, 0.1) is 7.11 Å². The maximum Gasteiger partial charge on any atom is 0.251 e. The SMILES string of the molecule is COc1cccc2c1C[C@@H]1CCN(CCCCNC(=O)c3ccc(-c4ccccc4)cc3)[C@@H]1C2.Cl. The Labute approximate surface area is 215 Å². The number of carbonyl (C=O) groups excluding carboxylic acids is 1. The Hall–Kier alpha value is -2.82. The number of nitrogens with one attached hydrogen (secondary N) is 1. The molecule has 1 saturated heterocycles. The first-order valence-electron chi connectivity index (χ1n) is 12.6. The van der Waals surface area contributed by atoms with Crippen LogP contribution in [0.3, 0.4) is 0 Å². The number of nitrogens with zero attached hydrogens (tertiary/aromatic N) is 1. The van der Waals surface area contributed by atoms with Gasteiger partial charge >= 0.3 is 0 Å². The van der Waals surface area contributed by atoms with Crippen LogP contribution < -0.4 is 10.1 Å². The number of hydrogen-bond acceptors (Lipinski definition) is 3. The summed E-state index contributed by atoms with van der Waals surface area (Å²) in [6.07, 6.45) is 5.66. The molecule has 2 aliphatic rings. The zero-order chi connectivity index (χ0) is 23.3. The highest BCUT2D eigenvalue weighted by Gasteiger charge is 2.38. The molecule has 3 aromatic rings. The van der Waals surface area contributed by atoms with Gasteiger partial charge in [-0.25, -0.2) is 0 Å². The lowest BCUT2D eigenvalue weighted by atomic mass is 9.80. The van der Waals surface area contributed by atoms with Crippen molar-refractivity contribution in [2.75, 3.05) is 26.7 Å². The molecule has 0 bridgehead atoms. The molecular formula is C30H35ClN2O2. The predicted octanol–water partition coefficient (Wildman–Crippen LogP) is 5.78. The van der Waals surface area contributed by atoms with E-state index in [1.807, 2.05) is 42.5 Å². The van der Waals surface area contributed by atoms with Gasteiger partial charge < -0.3 is 10.1 Å². The Morgan fingerprint density at radius 3 is 2.49 bits per heavy atom. The summed E-state index contributed by atoms with van der Waals surface area (Å²) in [5.41, 5.74) is 5.90. The second-order valence-electron chi connectivity index (χ2n) is 9.56. The summed E-state index contributed by atoms with van der Waals surface area (Å²) in [4.78, 5) is 15.2. The monoisotopic (exact) mass is 490 g/mol. The fraction of sp³-hybridized carbons (Fsp3) is 0.367. The number of rotatable bonds is 8. The second kappa shape index (κ2) is 11.7. The average molecular weight is 491 g/mol. The molecule has 5 heteroatoms. The quantitative estimate of drug-likeness (QED) is 0.407. The van der Waals surface area contributed by atoms with E-state index in [1.54, 1.807) is 7.11 Å². The standard InChI is InChI=1S/C30H34N2O2.ClH/c1-34-29-11-7-10-25-21-28-26(20-27(25)29)16-19-32(28)18-6-5-17-31-30(33)24-14-12-23(13-15-24)22-8-3-2-4-9-22;/h2-4,7-15,26,28H,5-6,16-21H2,1H3,(H,31,33);1H/t26-,28+;/m0./s1. The molecule has 1 N–H and O–H groups in total. The van der Waals surface area contributed by atoms with Gasteiger partial charge in [0.1, 0.15) is 5.75 Å². The van der Waals surface area contributed by atoms with Gasteiger partial charge in [0, 0.05) is 18.2 Å². The minimum absolute atomic E-state index is 0. The van der Waals surface area contributed by atoms with Crippen molar-refractivity contribution in [1.29, 1.82) is 0 Å². The zero-order valence-corrected chi connectivity index (χ0v) is 21.2. The van der Waals surface area contributed by atoms with Crippen molar-refractivity contribution in [2.45, 2.75) is 38.1 Å². The van der Waals surface area contributed by atoms with Gasteiger partial charge in [-0.1, -0.05) is 54.6 Å². The Bertz CT molecular complexity index is 1120. The van der Waals surface area contributed by atoms with Crippen LogP contribution >= 0.6 is 12.4 Å². The first kappa shape index (κ1) is 25.3. The Morgan fingerprint density at radius 1 is 0.943 bits per heavy atom. The molecule has 1 amide bonds. The van der Waals surface area contributed by atoms with Gasteiger partial charge in [0.2, 0.25) is 0 Å². The van der Waals surface area contributed by atoms with Crippen LogP contribution in [0, 0.1) is 5.92 Å². The normalized spacial score (nSPS) is 18.8. The fourth-order valence-electron chi connectivity index (χ4n) is 5.70. The van der Waals surface area contributed by atoms with Crippen LogP contribution in [-0.4, -0.2) is 43.6 Å². The topological polar surface area (TPSA) is 41.6 Å². The maximum absolute atomic E-state index is 12.5. The summed E-state index contributed by atoms with van der Waals surface area (Å²) < 4.78 is 5.61. The van der Waals surface area contributed by atoms with E-state index in [9.17, 15) is 4.79 Å². The van der Waals surface area contributed by atoms with Crippen molar-refractivity contribution in [3.63, 3.8) is 0 Å². The Kier molecular flexibility index (Phi) is 8.48. The Balaban J connectivity index is 0.00000289. The minimum Gasteiger partial charge on any atom is -0.496 e. The summed E-state index contributed by atoms with van der Waals surface area (Å²) in [6, 6.07) is 25.2. The van der Waals surface area contributed by atoms with Gasteiger partial charge in [-0.05, 0) is 91.6 Å². The first-order valence-corrected chi connectivity index (χ1v) is 12.6. The van der Waals surface area contributed by atoms with E-state index < -0.39 is 0 Å². The lowest BCUT2D eigenvalue weighted by Crippen LogP contribution is -2.39. The number of hydrogen-bond donors (Lipinski definition) is 1. The van der Waals surface area contributed by atoms with Crippen molar-refractivity contribution in [3.8, 4) is 16.9 Å². The van der Waals surface area contributed by atoms with Gasteiger partial charge in [-0.3, -0.25) is 9.69 Å². The molecule has 3 aromatic carbocycles. The maximum atomic E-state index is 12.5. The number of ether oxygens (including phenoxy) is 1. The van der Waals surface area contributed by atoms with E-state index in [2.05, 4.69) is 40.5 Å².